The first-order chi connectivity index (χ1) is 9.10. The Labute approximate surface area is 110 Å². The molecule has 2 rings (SSSR count). The Morgan fingerprint density at radius 1 is 1.47 bits per heavy atom. The summed E-state index contributed by atoms with van der Waals surface area (Å²) in [6, 6.07) is 0. The highest BCUT2D eigenvalue weighted by Crippen LogP contribution is 2.08. The lowest BCUT2D eigenvalue weighted by molar-refractivity contribution is 0.0949. The fourth-order valence-corrected chi connectivity index (χ4v) is 1.65. The number of anilines is 1. The molecule has 2 aromatic heterocycles. The van der Waals surface area contributed by atoms with Crippen LogP contribution in [0.2, 0.25) is 0 Å². The molecule has 0 aliphatic carbocycles. The van der Waals surface area contributed by atoms with E-state index >= 15 is 0 Å². The van der Waals surface area contributed by atoms with Crippen LogP contribution in [0.4, 0.5) is 5.69 Å². The van der Waals surface area contributed by atoms with Gasteiger partial charge in [0.1, 0.15) is 6.33 Å². The number of nitrogens with zero attached hydrogens (tertiary/aromatic N) is 5. The molecule has 1 amide bonds. The van der Waals surface area contributed by atoms with Crippen LogP contribution in [0.25, 0.3) is 0 Å². The van der Waals surface area contributed by atoms with Crippen LogP contribution in [-0.4, -0.2) is 37.0 Å². The lowest BCUT2D eigenvalue weighted by atomic mass is 10.3. The van der Waals surface area contributed by atoms with E-state index in [0.717, 1.165) is 0 Å². The summed E-state index contributed by atoms with van der Waals surface area (Å²) in [5.41, 5.74) is 6.38. The highest BCUT2D eigenvalue weighted by atomic mass is 16.1. The Morgan fingerprint density at radius 2 is 2.26 bits per heavy atom. The van der Waals surface area contributed by atoms with Gasteiger partial charge in [0.2, 0.25) is 0 Å². The van der Waals surface area contributed by atoms with Crippen molar-refractivity contribution in [3.63, 3.8) is 0 Å². The van der Waals surface area contributed by atoms with E-state index in [2.05, 4.69) is 20.5 Å². The second-order valence-electron chi connectivity index (χ2n) is 4.13. The zero-order valence-corrected chi connectivity index (χ0v) is 11.0. The summed E-state index contributed by atoms with van der Waals surface area (Å²) in [6.45, 7) is 3.05. The van der Waals surface area contributed by atoms with Crippen molar-refractivity contribution >= 4 is 11.6 Å². The van der Waals surface area contributed by atoms with Crippen LogP contribution in [0.5, 0.6) is 0 Å². The highest BCUT2D eigenvalue weighted by Gasteiger charge is 2.14. The smallest absolute Gasteiger partial charge is 0.273 e. The zero-order chi connectivity index (χ0) is 13.8. The molecule has 0 spiro atoms. The standard InChI is InChI=1S/C11H17N7O/c1-3-18-6-8(12)10(16-18)11(19)13-5-4-9-14-7-17(2)15-9/h6-7H,3-5,12H2,1-2H3,(H,13,19). The SMILES string of the molecule is CCn1cc(N)c(C(=O)NCCc2ncn(C)n2)n1. The van der Waals surface area contributed by atoms with Crippen LogP contribution in [0, 0.1) is 0 Å². The van der Waals surface area contributed by atoms with Gasteiger partial charge in [0.15, 0.2) is 11.5 Å². The number of nitrogens with one attached hydrogen (secondary N) is 1. The molecule has 0 aromatic carbocycles. The van der Waals surface area contributed by atoms with Crippen LogP contribution >= 0.6 is 0 Å². The van der Waals surface area contributed by atoms with Gasteiger partial charge in [-0.1, -0.05) is 0 Å². The summed E-state index contributed by atoms with van der Waals surface area (Å²) in [4.78, 5) is 16.0. The molecule has 102 valence electrons. The molecule has 8 heteroatoms. The van der Waals surface area contributed by atoms with Crippen molar-refractivity contribution in [3.8, 4) is 0 Å². The Morgan fingerprint density at radius 3 is 2.84 bits per heavy atom. The number of hydrogen-bond donors (Lipinski definition) is 2. The Hall–Kier alpha value is -2.38. The van der Waals surface area contributed by atoms with Gasteiger partial charge in [-0.05, 0) is 6.92 Å². The average molecular weight is 263 g/mol. The van der Waals surface area contributed by atoms with Crippen molar-refractivity contribution in [2.45, 2.75) is 19.9 Å². The van der Waals surface area contributed by atoms with Crippen molar-refractivity contribution in [1.29, 1.82) is 0 Å². The van der Waals surface area contributed by atoms with Crippen molar-refractivity contribution in [2.24, 2.45) is 7.05 Å². The van der Waals surface area contributed by atoms with Crippen molar-refractivity contribution < 1.29 is 4.79 Å². The summed E-state index contributed by atoms with van der Waals surface area (Å²) in [6.07, 6.45) is 3.84. The molecular formula is C11H17N7O. The quantitative estimate of drug-likeness (QED) is 0.763. The van der Waals surface area contributed by atoms with E-state index in [-0.39, 0.29) is 11.6 Å². The van der Waals surface area contributed by atoms with Gasteiger partial charge in [0.05, 0.1) is 5.69 Å². The van der Waals surface area contributed by atoms with Gasteiger partial charge in [0.25, 0.3) is 5.91 Å². The Balaban J connectivity index is 1.88. The van der Waals surface area contributed by atoms with E-state index in [4.69, 9.17) is 5.73 Å². The molecule has 2 heterocycles. The topological polar surface area (TPSA) is 104 Å². The van der Waals surface area contributed by atoms with Crippen LogP contribution in [0.15, 0.2) is 12.5 Å². The fraction of sp³-hybridized carbons (Fsp3) is 0.455. The largest absolute Gasteiger partial charge is 0.396 e. The van der Waals surface area contributed by atoms with Crippen LogP contribution < -0.4 is 11.1 Å². The Bertz CT molecular complexity index is 571. The van der Waals surface area contributed by atoms with Crippen LogP contribution in [-0.2, 0) is 20.0 Å². The summed E-state index contributed by atoms with van der Waals surface area (Å²) in [5, 5.41) is 11.0. The number of carbonyl (C=O) groups is 1. The predicted octanol–water partition coefficient (Wildman–Crippen LogP) is -0.414. The lowest BCUT2D eigenvalue weighted by Crippen LogP contribution is -2.27. The number of rotatable bonds is 5. The number of amides is 1. The molecule has 0 aliphatic heterocycles. The first-order valence-corrected chi connectivity index (χ1v) is 6.05. The monoisotopic (exact) mass is 263 g/mol. The van der Waals surface area contributed by atoms with Gasteiger partial charge < -0.3 is 11.1 Å². The second kappa shape index (κ2) is 5.51. The van der Waals surface area contributed by atoms with Gasteiger partial charge in [-0.3, -0.25) is 14.2 Å². The minimum atomic E-state index is -0.277. The van der Waals surface area contributed by atoms with E-state index in [1.54, 1.807) is 28.9 Å². The number of nitrogens with two attached hydrogens (primary N) is 1. The number of aryl methyl sites for hydroxylation is 2. The normalized spacial score (nSPS) is 10.6. The molecule has 0 saturated heterocycles. The maximum absolute atomic E-state index is 11.9. The van der Waals surface area contributed by atoms with Crippen LogP contribution in [0.3, 0.4) is 0 Å². The summed E-state index contributed by atoms with van der Waals surface area (Å²) < 4.78 is 3.25. The predicted molar refractivity (Wildman–Crippen MR) is 69.4 cm³/mol. The third-order valence-electron chi connectivity index (χ3n) is 2.61. The molecule has 0 bridgehead atoms. The van der Waals surface area contributed by atoms with Gasteiger partial charge >= 0.3 is 0 Å². The van der Waals surface area contributed by atoms with Gasteiger partial charge in [0, 0.05) is 32.8 Å². The van der Waals surface area contributed by atoms with E-state index < -0.39 is 0 Å². The fourth-order valence-electron chi connectivity index (χ4n) is 1.65. The highest BCUT2D eigenvalue weighted by molar-refractivity contribution is 5.96. The molecule has 0 radical (unpaired) electrons. The molecule has 8 nitrogen and oxygen atoms in total. The maximum atomic E-state index is 11.9. The van der Waals surface area contributed by atoms with Gasteiger partial charge in [-0.15, -0.1) is 0 Å². The summed E-state index contributed by atoms with van der Waals surface area (Å²) in [7, 11) is 1.80. The van der Waals surface area contributed by atoms with Gasteiger partial charge in [-0.2, -0.15) is 10.2 Å². The van der Waals surface area contributed by atoms with Crippen LogP contribution in [0.1, 0.15) is 23.2 Å². The van der Waals surface area contributed by atoms with Crippen molar-refractivity contribution in [1.82, 2.24) is 29.9 Å². The molecule has 19 heavy (non-hydrogen) atoms. The third kappa shape index (κ3) is 3.09. The van der Waals surface area contributed by atoms with Crippen molar-refractivity contribution in [3.05, 3.63) is 24.0 Å². The summed E-state index contributed by atoms with van der Waals surface area (Å²) >= 11 is 0. The molecular weight excluding hydrogens is 246 g/mol. The molecule has 0 unspecified atom stereocenters. The zero-order valence-electron chi connectivity index (χ0n) is 11.0. The molecule has 0 aliphatic rings. The second-order valence-corrected chi connectivity index (χ2v) is 4.13. The molecule has 2 aromatic rings. The number of carbonyl (C=O) groups excluding carboxylic acids is 1. The lowest BCUT2D eigenvalue weighted by Gasteiger charge is -2.01. The van der Waals surface area contributed by atoms with E-state index in [1.807, 2.05) is 6.92 Å². The molecule has 0 atom stereocenters. The van der Waals surface area contributed by atoms with Gasteiger partial charge in [-0.25, -0.2) is 4.98 Å². The minimum absolute atomic E-state index is 0.260. The Kier molecular flexibility index (Phi) is 3.79. The molecule has 0 fully saturated rings. The van der Waals surface area contributed by atoms with Crippen molar-refractivity contribution in [2.75, 3.05) is 12.3 Å². The number of hydrogen-bond acceptors (Lipinski definition) is 5. The minimum Gasteiger partial charge on any atom is -0.396 e. The van der Waals surface area contributed by atoms with E-state index in [0.29, 0.717) is 31.0 Å². The summed E-state index contributed by atoms with van der Waals surface area (Å²) in [5.74, 6) is 0.412. The maximum Gasteiger partial charge on any atom is 0.273 e. The van der Waals surface area contributed by atoms with E-state index in [9.17, 15) is 4.79 Å². The average Bonchev–Trinajstić information content (AvgIpc) is 2.95. The molecule has 0 saturated carbocycles. The number of nitrogen functional groups attached to an aromatic ring is 1. The number of aromatic nitrogens is 5. The first-order valence-electron chi connectivity index (χ1n) is 6.05. The first kappa shape index (κ1) is 13.1. The third-order valence-corrected chi connectivity index (χ3v) is 2.61. The molecule has 3 N–H and O–H groups in total. The van der Waals surface area contributed by atoms with E-state index in [1.165, 1.54) is 0 Å².